The van der Waals surface area contributed by atoms with Crippen LogP contribution in [-0.4, -0.2) is 29.9 Å². The van der Waals surface area contributed by atoms with E-state index in [0.717, 1.165) is 3.79 Å². The van der Waals surface area contributed by atoms with Crippen molar-refractivity contribution >= 4 is 44.9 Å². The summed E-state index contributed by atoms with van der Waals surface area (Å²) in [4.78, 5) is 28.9. The number of halogens is 1. The van der Waals surface area contributed by atoms with E-state index >= 15 is 0 Å². The summed E-state index contributed by atoms with van der Waals surface area (Å²) < 4.78 is 6.77. The van der Waals surface area contributed by atoms with Gasteiger partial charge in [-0.2, -0.15) is 0 Å². The topological polar surface area (TPSA) is 80.3 Å². The van der Waals surface area contributed by atoms with Gasteiger partial charge in [0.05, 0.1) is 21.8 Å². The average molecular weight is 452 g/mol. The highest BCUT2D eigenvalue weighted by molar-refractivity contribution is 9.11. The number of carbonyl (C=O) groups excluding carboxylic acids is 2. The number of nitrogens with one attached hydrogen (secondary N) is 2. The molecule has 0 aromatic carbocycles. The molecule has 2 aromatic rings. The highest BCUT2D eigenvalue weighted by atomic mass is 79.9. The van der Waals surface area contributed by atoms with Crippen LogP contribution in [0.1, 0.15) is 41.8 Å². The van der Waals surface area contributed by atoms with E-state index in [9.17, 15) is 9.59 Å². The Labute approximate surface area is 170 Å². The molecule has 2 N–H and O–H groups in total. The molecule has 27 heavy (non-hydrogen) atoms. The number of thiophene rings is 1. The summed E-state index contributed by atoms with van der Waals surface area (Å²) in [6.45, 7) is 0.506. The second kappa shape index (κ2) is 9.85. The van der Waals surface area contributed by atoms with Crippen LogP contribution in [0.4, 0.5) is 5.82 Å². The number of hydrogen-bond acceptors (Lipinski definition) is 5. The molecule has 0 atom stereocenters. The van der Waals surface area contributed by atoms with Crippen molar-refractivity contribution in [3.05, 3.63) is 39.1 Å². The van der Waals surface area contributed by atoms with Crippen molar-refractivity contribution in [3.63, 3.8) is 0 Å². The van der Waals surface area contributed by atoms with Gasteiger partial charge < -0.3 is 15.4 Å². The molecule has 2 aromatic heterocycles. The number of ether oxygens (including phenoxy) is 1. The zero-order valence-corrected chi connectivity index (χ0v) is 17.3. The van der Waals surface area contributed by atoms with Gasteiger partial charge >= 0.3 is 0 Å². The molecule has 1 saturated carbocycles. The fraction of sp³-hybridized carbons (Fsp3) is 0.421. The second-order valence-electron chi connectivity index (χ2n) is 6.50. The normalized spacial score (nSPS) is 14.6. The lowest BCUT2D eigenvalue weighted by atomic mass is 9.90. The van der Waals surface area contributed by atoms with E-state index in [1.807, 2.05) is 0 Å². The lowest BCUT2D eigenvalue weighted by molar-refractivity contribution is -0.115. The lowest BCUT2D eigenvalue weighted by Crippen LogP contribution is -2.32. The smallest absolute Gasteiger partial charge is 0.261 e. The summed E-state index contributed by atoms with van der Waals surface area (Å²) in [6, 6.07) is 7.08. The molecule has 144 valence electrons. The van der Waals surface area contributed by atoms with Gasteiger partial charge in [-0.15, -0.1) is 11.3 Å². The highest BCUT2D eigenvalue weighted by Gasteiger charge is 2.16. The Bertz CT molecular complexity index is 790. The molecule has 0 unspecified atom stereocenters. The van der Waals surface area contributed by atoms with Crippen LogP contribution in [0.3, 0.4) is 0 Å². The van der Waals surface area contributed by atoms with Gasteiger partial charge in [-0.25, -0.2) is 4.98 Å². The SMILES string of the molecule is O=C(CNC(=O)c1ccc(Br)s1)Nc1ncccc1OCC1CCCCC1. The van der Waals surface area contributed by atoms with E-state index in [1.54, 1.807) is 30.5 Å². The van der Waals surface area contributed by atoms with Crippen LogP contribution in [0.15, 0.2) is 34.2 Å². The highest BCUT2D eigenvalue weighted by Crippen LogP contribution is 2.27. The van der Waals surface area contributed by atoms with Gasteiger partial charge in [0.25, 0.3) is 5.91 Å². The van der Waals surface area contributed by atoms with Gasteiger partial charge in [-0.3, -0.25) is 9.59 Å². The first-order valence-electron chi connectivity index (χ1n) is 9.03. The summed E-state index contributed by atoms with van der Waals surface area (Å²) in [6.07, 6.45) is 7.79. The maximum absolute atomic E-state index is 12.2. The molecule has 0 aliphatic heterocycles. The van der Waals surface area contributed by atoms with Crippen LogP contribution in [0.2, 0.25) is 0 Å². The molecule has 2 heterocycles. The van der Waals surface area contributed by atoms with Crippen LogP contribution < -0.4 is 15.4 Å². The maximum atomic E-state index is 12.2. The number of anilines is 1. The Morgan fingerprint density at radius 1 is 1.22 bits per heavy atom. The fourth-order valence-corrected chi connectivity index (χ4v) is 4.33. The molecule has 6 nitrogen and oxygen atoms in total. The van der Waals surface area contributed by atoms with Gasteiger partial charge in [0.15, 0.2) is 11.6 Å². The molecule has 8 heteroatoms. The number of pyridine rings is 1. The monoisotopic (exact) mass is 451 g/mol. The van der Waals surface area contributed by atoms with Crippen molar-refractivity contribution in [2.24, 2.45) is 5.92 Å². The largest absolute Gasteiger partial charge is 0.489 e. The summed E-state index contributed by atoms with van der Waals surface area (Å²) >= 11 is 4.63. The zero-order valence-electron chi connectivity index (χ0n) is 14.9. The van der Waals surface area contributed by atoms with Gasteiger partial charge in [-0.05, 0) is 59.0 Å². The van der Waals surface area contributed by atoms with E-state index in [2.05, 4.69) is 31.5 Å². The van der Waals surface area contributed by atoms with Crippen LogP contribution in [0.5, 0.6) is 5.75 Å². The van der Waals surface area contributed by atoms with Gasteiger partial charge in [0.2, 0.25) is 5.91 Å². The minimum Gasteiger partial charge on any atom is -0.489 e. The molecule has 0 saturated heterocycles. The van der Waals surface area contributed by atoms with E-state index in [-0.39, 0.29) is 18.4 Å². The van der Waals surface area contributed by atoms with Crippen LogP contribution >= 0.6 is 27.3 Å². The molecular weight excluding hydrogens is 430 g/mol. The molecule has 1 aliphatic rings. The number of nitrogens with zero attached hydrogens (tertiary/aromatic N) is 1. The van der Waals surface area contributed by atoms with Gasteiger partial charge in [0, 0.05) is 6.20 Å². The summed E-state index contributed by atoms with van der Waals surface area (Å²) in [5.41, 5.74) is 0. The molecule has 2 amide bonds. The van der Waals surface area contributed by atoms with Crippen molar-refractivity contribution < 1.29 is 14.3 Å². The van der Waals surface area contributed by atoms with Gasteiger partial charge in [0.1, 0.15) is 0 Å². The van der Waals surface area contributed by atoms with E-state index < -0.39 is 0 Å². The first-order valence-corrected chi connectivity index (χ1v) is 10.6. The minimum atomic E-state index is -0.347. The number of amides is 2. The van der Waals surface area contributed by atoms with Crippen molar-refractivity contribution in [1.82, 2.24) is 10.3 Å². The third-order valence-electron chi connectivity index (χ3n) is 4.43. The predicted octanol–water partition coefficient (Wildman–Crippen LogP) is 4.23. The number of rotatable bonds is 7. The molecule has 0 spiro atoms. The van der Waals surface area contributed by atoms with Crippen molar-refractivity contribution in [2.75, 3.05) is 18.5 Å². The Balaban J connectivity index is 1.50. The van der Waals surface area contributed by atoms with Gasteiger partial charge in [-0.1, -0.05) is 19.3 Å². The third-order valence-corrected chi connectivity index (χ3v) is 6.06. The number of aromatic nitrogens is 1. The van der Waals surface area contributed by atoms with Crippen molar-refractivity contribution in [3.8, 4) is 5.75 Å². The molecule has 3 rings (SSSR count). The second-order valence-corrected chi connectivity index (χ2v) is 8.96. The summed E-state index contributed by atoms with van der Waals surface area (Å²) in [5, 5.41) is 5.32. The zero-order chi connectivity index (χ0) is 19.1. The molecule has 1 aliphatic carbocycles. The standard InChI is InChI=1S/C19H22BrN3O3S/c20-16-9-8-15(27-16)19(25)22-11-17(24)23-18-14(7-4-10-21-18)26-12-13-5-2-1-3-6-13/h4,7-10,13H,1-3,5-6,11-12H2,(H,22,25)(H,21,23,24). The Kier molecular flexibility index (Phi) is 7.23. The van der Waals surface area contributed by atoms with Crippen molar-refractivity contribution in [1.29, 1.82) is 0 Å². The quantitative estimate of drug-likeness (QED) is 0.659. The van der Waals surface area contributed by atoms with Crippen molar-refractivity contribution in [2.45, 2.75) is 32.1 Å². The van der Waals surface area contributed by atoms with Crippen LogP contribution in [0, 0.1) is 5.92 Å². The summed E-state index contributed by atoms with van der Waals surface area (Å²) in [7, 11) is 0. The summed E-state index contributed by atoms with van der Waals surface area (Å²) in [5.74, 6) is 0.874. The molecular formula is C19H22BrN3O3S. The number of hydrogen-bond donors (Lipinski definition) is 2. The van der Waals surface area contributed by atoms with Crippen LogP contribution in [0.25, 0.3) is 0 Å². The minimum absolute atomic E-state index is 0.132. The molecule has 1 fully saturated rings. The molecule has 0 bridgehead atoms. The Hall–Kier alpha value is -1.93. The average Bonchev–Trinajstić information content (AvgIpc) is 3.13. The first kappa shape index (κ1) is 19.8. The fourth-order valence-electron chi connectivity index (χ4n) is 3.02. The van der Waals surface area contributed by atoms with E-state index in [1.165, 1.54) is 43.4 Å². The maximum Gasteiger partial charge on any atom is 0.261 e. The Morgan fingerprint density at radius 3 is 2.78 bits per heavy atom. The lowest BCUT2D eigenvalue weighted by Gasteiger charge is -2.22. The van der Waals surface area contributed by atoms with Crippen LogP contribution in [-0.2, 0) is 4.79 Å². The Morgan fingerprint density at radius 2 is 2.04 bits per heavy atom. The predicted molar refractivity (Wildman–Crippen MR) is 109 cm³/mol. The first-order chi connectivity index (χ1) is 13.1. The number of carbonyl (C=O) groups is 2. The van der Waals surface area contributed by atoms with E-state index in [4.69, 9.17) is 4.74 Å². The van der Waals surface area contributed by atoms with E-state index in [0.29, 0.717) is 29.0 Å². The third kappa shape index (κ3) is 6.04. The molecule has 0 radical (unpaired) electrons.